The fourth-order valence-electron chi connectivity index (χ4n) is 3.75. The molecule has 8 nitrogen and oxygen atoms in total. The molecule has 3 aromatic rings. The molecule has 3 rings (SSSR count). The Morgan fingerprint density at radius 3 is 2.21 bits per heavy atom. The summed E-state index contributed by atoms with van der Waals surface area (Å²) in [7, 11) is 1.55. The number of rotatable bonds is 6. The third kappa shape index (κ3) is 4.90. The summed E-state index contributed by atoms with van der Waals surface area (Å²) in [5, 5.41) is 22.0. The van der Waals surface area contributed by atoms with Crippen LogP contribution in [0, 0.1) is 20.8 Å². The number of carbonyl (C=O) groups excluding carboxylic acids is 1. The fraction of sp³-hybridized carbons (Fsp3) is 0.240. The van der Waals surface area contributed by atoms with Gasteiger partial charge in [-0.2, -0.15) is 0 Å². The van der Waals surface area contributed by atoms with Crippen LogP contribution in [0.2, 0.25) is 0 Å². The second-order valence-electron chi connectivity index (χ2n) is 7.91. The van der Waals surface area contributed by atoms with Gasteiger partial charge < -0.3 is 20.1 Å². The van der Waals surface area contributed by atoms with Gasteiger partial charge in [-0.25, -0.2) is 4.79 Å². The molecule has 0 aliphatic carbocycles. The van der Waals surface area contributed by atoms with E-state index in [1.807, 2.05) is 44.2 Å². The van der Waals surface area contributed by atoms with E-state index >= 15 is 0 Å². The van der Waals surface area contributed by atoms with E-state index in [1.165, 1.54) is 10.6 Å². The first-order chi connectivity index (χ1) is 15.6. The van der Waals surface area contributed by atoms with E-state index in [0.717, 1.165) is 27.2 Å². The van der Waals surface area contributed by atoms with Crippen molar-refractivity contribution in [2.75, 3.05) is 11.4 Å². The summed E-state index contributed by atoms with van der Waals surface area (Å²) in [5.74, 6) is -1.41. The molecule has 33 heavy (non-hydrogen) atoms. The van der Waals surface area contributed by atoms with Gasteiger partial charge in [-0.3, -0.25) is 14.5 Å². The molecule has 1 aromatic heterocycles. The number of aromatic nitrogens is 1. The Bertz CT molecular complexity index is 1240. The van der Waals surface area contributed by atoms with E-state index < -0.39 is 17.6 Å². The number of nitrogens with one attached hydrogen (secondary N) is 1. The maximum absolute atomic E-state index is 13.1. The third-order valence-electron chi connectivity index (χ3n) is 5.56. The van der Waals surface area contributed by atoms with E-state index in [2.05, 4.69) is 5.32 Å². The molecule has 0 fully saturated rings. The standard InChI is InChI=1S/C25H27N3O5/c1-15-6-5-7-16(2)22(15)18-8-10-19(11-9-18)28(25(33)26-13-12-21(30)31)23-20(29)14-17(3)27(4)24(23)32/h5-11,14,29H,12-13H2,1-4H3,(H,26,33)(H,30,31). The lowest BCUT2D eigenvalue weighted by Crippen LogP contribution is -2.41. The van der Waals surface area contributed by atoms with Crippen LogP contribution in [-0.2, 0) is 11.8 Å². The van der Waals surface area contributed by atoms with E-state index in [4.69, 9.17) is 5.11 Å². The highest BCUT2D eigenvalue weighted by molar-refractivity contribution is 6.01. The molecule has 172 valence electrons. The zero-order valence-electron chi connectivity index (χ0n) is 19.0. The van der Waals surface area contributed by atoms with Crippen LogP contribution in [0.25, 0.3) is 11.1 Å². The molecular weight excluding hydrogens is 422 g/mol. The number of aryl methyl sites for hydroxylation is 3. The number of hydrogen-bond donors (Lipinski definition) is 3. The number of aromatic hydroxyl groups is 1. The van der Waals surface area contributed by atoms with Crippen molar-refractivity contribution >= 4 is 23.4 Å². The Morgan fingerprint density at radius 1 is 1.03 bits per heavy atom. The van der Waals surface area contributed by atoms with Crippen molar-refractivity contribution in [2.24, 2.45) is 7.05 Å². The molecule has 0 aliphatic rings. The molecule has 2 amide bonds. The average molecular weight is 450 g/mol. The van der Waals surface area contributed by atoms with Gasteiger partial charge in [0.25, 0.3) is 5.56 Å². The molecule has 0 unspecified atom stereocenters. The van der Waals surface area contributed by atoms with Crippen molar-refractivity contribution < 1.29 is 19.8 Å². The van der Waals surface area contributed by atoms with Crippen molar-refractivity contribution in [3.05, 3.63) is 75.7 Å². The Balaban J connectivity index is 2.09. The molecule has 0 aliphatic heterocycles. The maximum Gasteiger partial charge on any atom is 0.326 e. The number of carbonyl (C=O) groups is 2. The molecular formula is C25H27N3O5. The SMILES string of the molecule is Cc1cccc(C)c1-c1ccc(N(C(=O)NCCC(=O)O)c2c(O)cc(C)n(C)c2=O)cc1. The number of nitrogens with zero attached hydrogens (tertiary/aromatic N) is 2. The number of amides is 2. The predicted octanol–water partition coefficient (Wildman–Crippen LogP) is 4.01. The first kappa shape index (κ1) is 23.6. The van der Waals surface area contributed by atoms with Gasteiger partial charge >= 0.3 is 12.0 Å². The molecule has 0 radical (unpaired) electrons. The lowest BCUT2D eigenvalue weighted by atomic mass is 9.95. The Hall–Kier alpha value is -4.07. The number of aliphatic carboxylic acids is 1. The fourth-order valence-corrected chi connectivity index (χ4v) is 3.75. The topological polar surface area (TPSA) is 112 Å². The van der Waals surface area contributed by atoms with Crippen molar-refractivity contribution in [1.29, 1.82) is 0 Å². The van der Waals surface area contributed by atoms with Crippen LogP contribution in [-0.4, -0.2) is 33.3 Å². The smallest absolute Gasteiger partial charge is 0.326 e. The summed E-state index contributed by atoms with van der Waals surface area (Å²) in [4.78, 5) is 38.0. The van der Waals surface area contributed by atoms with Crippen LogP contribution < -0.4 is 15.8 Å². The first-order valence-electron chi connectivity index (χ1n) is 10.5. The summed E-state index contributed by atoms with van der Waals surface area (Å²) in [5.41, 5.74) is 4.35. The molecule has 0 saturated carbocycles. The minimum atomic E-state index is -1.06. The number of anilines is 2. The van der Waals surface area contributed by atoms with Gasteiger partial charge in [0.05, 0.1) is 12.1 Å². The molecule has 3 N–H and O–H groups in total. The van der Waals surface area contributed by atoms with Gasteiger partial charge in [-0.05, 0) is 55.2 Å². The van der Waals surface area contributed by atoms with E-state index in [-0.39, 0.29) is 24.4 Å². The quantitative estimate of drug-likeness (QED) is 0.527. The lowest BCUT2D eigenvalue weighted by molar-refractivity contribution is -0.136. The molecule has 0 bridgehead atoms. The molecule has 0 atom stereocenters. The molecule has 1 heterocycles. The Labute approximate surface area is 191 Å². The van der Waals surface area contributed by atoms with Crippen molar-refractivity contribution in [2.45, 2.75) is 27.2 Å². The van der Waals surface area contributed by atoms with E-state index in [1.54, 1.807) is 26.1 Å². The highest BCUT2D eigenvalue weighted by atomic mass is 16.4. The average Bonchev–Trinajstić information content (AvgIpc) is 2.75. The number of urea groups is 1. The first-order valence-corrected chi connectivity index (χ1v) is 10.5. The van der Waals surface area contributed by atoms with Gasteiger partial charge in [0.15, 0.2) is 5.69 Å². The van der Waals surface area contributed by atoms with Gasteiger partial charge in [-0.15, -0.1) is 0 Å². The third-order valence-corrected chi connectivity index (χ3v) is 5.56. The Morgan fingerprint density at radius 2 is 1.64 bits per heavy atom. The second-order valence-corrected chi connectivity index (χ2v) is 7.91. The summed E-state index contributed by atoms with van der Waals surface area (Å²) < 4.78 is 1.33. The van der Waals surface area contributed by atoms with Crippen molar-refractivity contribution in [1.82, 2.24) is 9.88 Å². The van der Waals surface area contributed by atoms with Crippen LogP contribution >= 0.6 is 0 Å². The van der Waals surface area contributed by atoms with Gasteiger partial charge in [0, 0.05) is 25.4 Å². The minimum Gasteiger partial charge on any atom is -0.505 e. The van der Waals surface area contributed by atoms with E-state index in [9.17, 15) is 19.5 Å². The second kappa shape index (κ2) is 9.60. The summed E-state index contributed by atoms with van der Waals surface area (Å²) in [6.07, 6.45) is -0.275. The van der Waals surface area contributed by atoms with Crippen LogP contribution in [0.3, 0.4) is 0 Å². The van der Waals surface area contributed by atoms with Crippen LogP contribution in [0.15, 0.2) is 53.3 Å². The molecule has 2 aromatic carbocycles. The summed E-state index contributed by atoms with van der Waals surface area (Å²) >= 11 is 0. The number of pyridine rings is 1. The number of carboxylic acid groups (broad SMARTS) is 1. The van der Waals surface area contributed by atoms with Crippen LogP contribution in [0.5, 0.6) is 5.75 Å². The number of hydrogen-bond acceptors (Lipinski definition) is 4. The Kier molecular flexibility index (Phi) is 6.86. The predicted molar refractivity (Wildman–Crippen MR) is 127 cm³/mol. The highest BCUT2D eigenvalue weighted by Crippen LogP contribution is 2.33. The normalized spacial score (nSPS) is 10.7. The zero-order valence-corrected chi connectivity index (χ0v) is 19.0. The monoisotopic (exact) mass is 449 g/mol. The maximum atomic E-state index is 13.1. The van der Waals surface area contributed by atoms with Crippen LogP contribution in [0.1, 0.15) is 23.2 Å². The number of benzene rings is 2. The zero-order chi connectivity index (χ0) is 24.3. The largest absolute Gasteiger partial charge is 0.505 e. The van der Waals surface area contributed by atoms with Gasteiger partial charge in [0.2, 0.25) is 0 Å². The molecule has 8 heteroatoms. The summed E-state index contributed by atoms with van der Waals surface area (Å²) in [6.45, 7) is 5.58. The number of carboxylic acids is 1. The van der Waals surface area contributed by atoms with Crippen molar-refractivity contribution in [3.63, 3.8) is 0 Å². The molecule has 0 saturated heterocycles. The van der Waals surface area contributed by atoms with Crippen LogP contribution in [0.4, 0.5) is 16.2 Å². The molecule has 0 spiro atoms. The lowest BCUT2D eigenvalue weighted by Gasteiger charge is -2.24. The summed E-state index contributed by atoms with van der Waals surface area (Å²) in [6, 6.07) is 13.8. The van der Waals surface area contributed by atoms with E-state index in [0.29, 0.717) is 11.4 Å². The highest BCUT2D eigenvalue weighted by Gasteiger charge is 2.25. The van der Waals surface area contributed by atoms with Gasteiger partial charge in [-0.1, -0.05) is 30.3 Å². The van der Waals surface area contributed by atoms with Gasteiger partial charge in [0.1, 0.15) is 5.75 Å². The van der Waals surface area contributed by atoms with Crippen molar-refractivity contribution in [3.8, 4) is 16.9 Å². The minimum absolute atomic E-state index is 0.127.